The molecule has 5 heteroatoms. The van der Waals surface area contributed by atoms with E-state index in [-0.39, 0.29) is 0 Å². The lowest BCUT2D eigenvalue weighted by molar-refractivity contribution is -0.775. The average molecular weight is 92.1 g/mol. The smallest absolute Gasteiger partial charge is 0.220 e. The lowest BCUT2D eigenvalue weighted by Crippen LogP contribution is -2.12. The van der Waals surface area contributed by atoms with E-state index in [1.165, 1.54) is 7.05 Å². The Morgan fingerprint density at radius 1 is 2.00 bits per heavy atom. The van der Waals surface area contributed by atoms with E-state index in [1.54, 1.807) is 0 Å². The van der Waals surface area contributed by atoms with Crippen LogP contribution in [-0.2, 0) is 4.94 Å². The van der Waals surface area contributed by atoms with Gasteiger partial charge in [-0.3, -0.25) is 0 Å². The first kappa shape index (κ1) is 5.16. The molecule has 0 unspecified atom stereocenters. The van der Waals surface area contributed by atoms with Crippen LogP contribution >= 0.6 is 0 Å². The van der Waals surface area contributed by atoms with Crippen molar-refractivity contribution in [3.05, 3.63) is 10.1 Å². The Morgan fingerprint density at radius 2 is 2.50 bits per heavy atom. The van der Waals surface area contributed by atoms with Crippen molar-refractivity contribution in [2.45, 2.75) is 0 Å². The van der Waals surface area contributed by atoms with Gasteiger partial charge < -0.3 is 0 Å². The molecule has 0 aliphatic rings. The quantitative estimate of drug-likeness (QED) is 0.362. The van der Waals surface area contributed by atoms with E-state index in [0.29, 0.717) is 0 Å². The molecule has 0 saturated carbocycles. The SMILES string of the molecule is CNO[N+](=O)[O-]. The molecular weight excluding hydrogens is 88.0 g/mol. The van der Waals surface area contributed by atoms with E-state index >= 15 is 0 Å². The molecule has 0 spiro atoms. The molecule has 36 valence electrons. The van der Waals surface area contributed by atoms with E-state index in [9.17, 15) is 0 Å². The molecule has 0 aliphatic heterocycles. The summed E-state index contributed by atoms with van der Waals surface area (Å²) in [5.74, 6) is 0. The van der Waals surface area contributed by atoms with Gasteiger partial charge in [-0.15, -0.1) is 10.1 Å². The van der Waals surface area contributed by atoms with Crippen LogP contribution in [0.4, 0.5) is 0 Å². The molecule has 0 heterocycles. The molecule has 1 N–H and O–H groups in total. The van der Waals surface area contributed by atoms with Gasteiger partial charge in [0.05, 0.1) is 0 Å². The number of hydrogen-bond donors (Lipinski definition) is 1. The lowest BCUT2D eigenvalue weighted by Gasteiger charge is -1.85. The van der Waals surface area contributed by atoms with E-state index < -0.39 is 5.09 Å². The van der Waals surface area contributed by atoms with Crippen molar-refractivity contribution in [2.75, 3.05) is 7.05 Å². The Labute approximate surface area is 34.0 Å². The van der Waals surface area contributed by atoms with Gasteiger partial charge in [0.15, 0.2) is 0 Å². The van der Waals surface area contributed by atoms with E-state index in [4.69, 9.17) is 10.1 Å². The van der Waals surface area contributed by atoms with Crippen LogP contribution in [0, 0.1) is 10.1 Å². The molecule has 6 heavy (non-hydrogen) atoms. The summed E-state index contributed by atoms with van der Waals surface area (Å²) in [7, 11) is 1.31. The number of rotatable bonds is 2. The first-order chi connectivity index (χ1) is 2.77. The van der Waals surface area contributed by atoms with Crippen molar-refractivity contribution in [3.8, 4) is 0 Å². The molecule has 0 atom stereocenters. The Balaban J connectivity index is 2.83. The minimum Gasteiger partial charge on any atom is -0.220 e. The second-order valence-corrected chi connectivity index (χ2v) is 0.519. The molecule has 0 fully saturated rings. The van der Waals surface area contributed by atoms with Crippen LogP contribution in [-0.4, -0.2) is 12.1 Å². The van der Waals surface area contributed by atoms with Crippen LogP contribution in [0.15, 0.2) is 0 Å². The molecular formula is CH4N2O3. The highest BCUT2D eigenvalue weighted by Gasteiger charge is 1.83. The zero-order valence-corrected chi connectivity index (χ0v) is 3.17. The second kappa shape index (κ2) is 2.40. The predicted octanol–water partition coefficient (Wildman–Crippen LogP) is -0.671. The van der Waals surface area contributed by atoms with Crippen LogP contribution < -0.4 is 5.48 Å². The topological polar surface area (TPSA) is 64.4 Å². The third-order valence-corrected chi connectivity index (χ3v) is 0.166. The molecule has 0 rings (SSSR count). The van der Waals surface area contributed by atoms with Crippen molar-refractivity contribution < 1.29 is 10.0 Å². The Kier molecular flexibility index (Phi) is 2.06. The van der Waals surface area contributed by atoms with Crippen molar-refractivity contribution in [1.82, 2.24) is 5.48 Å². The van der Waals surface area contributed by atoms with Gasteiger partial charge >= 0.3 is 5.09 Å². The fraction of sp³-hybridized carbons (Fsp3) is 1.00. The van der Waals surface area contributed by atoms with Crippen molar-refractivity contribution in [3.63, 3.8) is 0 Å². The molecule has 0 aromatic carbocycles. The number of hydroxylamine groups is 1. The maximum absolute atomic E-state index is 9.12. The van der Waals surface area contributed by atoms with Crippen LogP contribution in [0.25, 0.3) is 0 Å². The standard InChI is InChI=1S/CH4N2O3/c1-2-6-3(4)5/h2H,1H3. The van der Waals surface area contributed by atoms with Gasteiger partial charge in [0.25, 0.3) is 0 Å². The molecule has 0 aliphatic carbocycles. The Hall–Kier alpha value is -0.840. The van der Waals surface area contributed by atoms with Crippen LogP contribution in [0.2, 0.25) is 0 Å². The number of nitrogens with zero attached hydrogens (tertiary/aromatic N) is 1. The van der Waals surface area contributed by atoms with Crippen molar-refractivity contribution in [1.29, 1.82) is 0 Å². The molecule has 0 saturated heterocycles. The first-order valence-corrected chi connectivity index (χ1v) is 1.25. The lowest BCUT2D eigenvalue weighted by atomic mass is 11.6. The molecule has 0 radical (unpaired) electrons. The van der Waals surface area contributed by atoms with Gasteiger partial charge in [0.1, 0.15) is 0 Å². The average Bonchev–Trinajstić information content (AvgIpc) is 1.35. The molecule has 5 nitrogen and oxygen atoms in total. The molecule has 0 amide bonds. The van der Waals surface area contributed by atoms with Gasteiger partial charge in [-0.2, -0.15) is 5.48 Å². The molecule has 0 aromatic heterocycles. The zero-order valence-electron chi connectivity index (χ0n) is 3.17. The summed E-state index contributed by atoms with van der Waals surface area (Å²) in [6.45, 7) is 0. The summed E-state index contributed by atoms with van der Waals surface area (Å²) in [4.78, 5) is 12.6. The minimum atomic E-state index is -0.931. The van der Waals surface area contributed by atoms with Crippen LogP contribution in [0.1, 0.15) is 0 Å². The monoisotopic (exact) mass is 92.0 g/mol. The summed E-state index contributed by atoms with van der Waals surface area (Å²) >= 11 is 0. The molecule has 0 bridgehead atoms. The summed E-state index contributed by atoms with van der Waals surface area (Å²) in [6.07, 6.45) is 0. The summed E-state index contributed by atoms with van der Waals surface area (Å²) in [5.41, 5.74) is 1.87. The number of nitrogens with one attached hydrogen (secondary N) is 1. The van der Waals surface area contributed by atoms with Crippen LogP contribution in [0.3, 0.4) is 0 Å². The van der Waals surface area contributed by atoms with Crippen LogP contribution in [0.5, 0.6) is 0 Å². The summed E-state index contributed by atoms with van der Waals surface area (Å²) in [5, 5.41) is 8.19. The van der Waals surface area contributed by atoms with Gasteiger partial charge in [0.2, 0.25) is 0 Å². The van der Waals surface area contributed by atoms with Gasteiger partial charge in [-0.1, -0.05) is 0 Å². The highest BCUT2D eigenvalue weighted by Crippen LogP contribution is 1.58. The molecule has 0 aromatic rings. The maximum Gasteiger partial charge on any atom is 0.311 e. The van der Waals surface area contributed by atoms with E-state index in [0.717, 1.165) is 0 Å². The normalized spacial score (nSPS) is 7.50. The van der Waals surface area contributed by atoms with Gasteiger partial charge in [0, 0.05) is 7.05 Å². The minimum absolute atomic E-state index is 0.931. The third kappa shape index (κ3) is 3.16. The highest BCUT2D eigenvalue weighted by molar-refractivity contribution is 3.88. The van der Waals surface area contributed by atoms with Gasteiger partial charge in [-0.05, 0) is 0 Å². The Bertz CT molecular complexity index is 52.8. The summed E-state index contributed by atoms with van der Waals surface area (Å²) in [6, 6.07) is 0. The fourth-order valence-corrected chi connectivity index (χ4v) is 0.0745. The highest BCUT2D eigenvalue weighted by atomic mass is 17.0. The van der Waals surface area contributed by atoms with Crippen molar-refractivity contribution >= 4 is 0 Å². The number of hydrogen-bond acceptors (Lipinski definition) is 4. The van der Waals surface area contributed by atoms with E-state index in [1.807, 2.05) is 5.48 Å². The van der Waals surface area contributed by atoms with Crippen molar-refractivity contribution in [2.24, 2.45) is 0 Å². The predicted molar refractivity (Wildman–Crippen MR) is 17.1 cm³/mol. The Morgan fingerprint density at radius 3 is 2.50 bits per heavy atom. The maximum atomic E-state index is 9.12. The van der Waals surface area contributed by atoms with E-state index in [2.05, 4.69) is 4.94 Å². The zero-order chi connectivity index (χ0) is 4.99. The third-order valence-electron chi connectivity index (χ3n) is 0.166. The second-order valence-electron chi connectivity index (χ2n) is 0.519. The summed E-state index contributed by atoms with van der Waals surface area (Å²) < 4.78 is 0. The van der Waals surface area contributed by atoms with Gasteiger partial charge in [-0.25, -0.2) is 4.94 Å². The largest absolute Gasteiger partial charge is 0.311 e. The fourth-order valence-electron chi connectivity index (χ4n) is 0.0745. The first-order valence-electron chi connectivity index (χ1n) is 1.25.